The number of aliphatic hydroxyl groups excluding tert-OH is 2. The van der Waals surface area contributed by atoms with Gasteiger partial charge in [-0.15, -0.1) is 0 Å². The van der Waals surface area contributed by atoms with Gasteiger partial charge in [0.15, 0.2) is 0 Å². The maximum absolute atomic E-state index is 13.2. The van der Waals surface area contributed by atoms with Gasteiger partial charge >= 0.3 is 5.97 Å². The maximum atomic E-state index is 13.2. The molecule has 0 fully saturated rings. The summed E-state index contributed by atoms with van der Waals surface area (Å²) in [5, 5.41) is 23.7. The van der Waals surface area contributed by atoms with Crippen molar-refractivity contribution in [2.24, 2.45) is 0 Å². The van der Waals surface area contributed by atoms with Crippen LogP contribution in [0.2, 0.25) is 0 Å². The molecule has 0 aliphatic carbocycles. The Kier molecular flexibility index (Phi) is 45.6. The fourth-order valence-electron chi connectivity index (χ4n) is 7.77. The molecule has 6 heteroatoms. The molecule has 3 atom stereocenters. The lowest BCUT2D eigenvalue weighted by atomic mass is 10.0. The highest BCUT2D eigenvalue weighted by molar-refractivity contribution is 5.77. The van der Waals surface area contributed by atoms with Crippen LogP contribution in [0.4, 0.5) is 0 Å². The number of carbonyl (C=O) groups is 2. The summed E-state index contributed by atoms with van der Waals surface area (Å²) in [7, 11) is 0. The maximum Gasteiger partial charge on any atom is 0.306 e. The molecule has 0 heterocycles. The van der Waals surface area contributed by atoms with E-state index in [1.54, 1.807) is 0 Å². The Hall–Kier alpha value is -1.92. The van der Waals surface area contributed by atoms with E-state index in [0.29, 0.717) is 19.3 Å². The number of nitrogens with one attached hydrogen (secondary N) is 1. The van der Waals surface area contributed by atoms with Gasteiger partial charge < -0.3 is 20.3 Å². The molecule has 1 amide bonds. The van der Waals surface area contributed by atoms with Crippen molar-refractivity contribution < 1.29 is 24.5 Å². The lowest BCUT2D eigenvalue weighted by Crippen LogP contribution is -2.46. The highest BCUT2D eigenvalue weighted by Crippen LogP contribution is 2.17. The Morgan fingerprint density at radius 1 is 0.492 bits per heavy atom. The van der Waals surface area contributed by atoms with Gasteiger partial charge in [0.25, 0.3) is 0 Å². The molecular weight excluding hydrogens is 731 g/mol. The van der Waals surface area contributed by atoms with Gasteiger partial charge in [-0.3, -0.25) is 9.59 Å². The summed E-state index contributed by atoms with van der Waals surface area (Å²) >= 11 is 0. The van der Waals surface area contributed by atoms with E-state index in [0.717, 1.165) is 70.6 Å². The molecule has 0 spiro atoms. The van der Waals surface area contributed by atoms with Crippen molar-refractivity contribution in [3.8, 4) is 0 Å². The molecule has 0 saturated heterocycles. The number of allylic oxidation sites excluding steroid dienone is 6. The molecule has 0 rings (SSSR count). The minimum absolute atomic E-state index is 0.0523. The third-order valence-electron chi connectivity index (χ3n) is 11.7. The van der Waals surface area contributed by atoms with Crippen molar-refractivity contribution in [2.75, 3.05) is 6.61 Å². The number of esters is 1. The third-order valence-corrected chi connectivity index (χ3v) is 11.7. The van der Waals surface area contributed by atoms with Crippen LogP contribution in [-0.4, -0.2) is 46.9 Å². The molecule has 0 aromatic carbocycles. The number of amides is 1. The van der Waals surface area contributed by atoms with Crippen LogP contribution >= 0.6 is 0 Å². The largest absolute Gasteiger partial charge is 0.462 e. The van der Waals surface area contributed by atoms with E-state index in [-0.39, 0.29) is 24.9 Å². The molecule has 3 N–H and O–H groups in total. The number of hydrogen-bond acceptors (Lipinski definition) is 5. The Morgan fingerprint density at radius 3 is 1.34 bits per heavy atom. The zero-order valence-electron chi connectivity index (χ0n) is 39.4. The van der Waals surface area contributed by atoms with Crippen LogP contribution < -0.4 is 5.32 Å². The lowest BCUT2D eigenvalue weighted by Gasteiger charge is -2.24. The third kappa shape index (κ3) is 42.6. The first-order valence-electron chi connectivity index (χ1n) is 25.7. The molecule has 59 heavy (non-hydrogen) atoms. The second kappa shape index (κ2) is 47.1. The predicted molar refractivity (Wildman–Crippen MR) is 255 cm³/mol. The monoisotopic (exact) mass is 830 g/mol. The second-order valence-electron chi connectivity index (χ2n) is 17.6. The summed E-state index contributed by atoms with van der Waals surface area (Å²) in [5.41, 5.74) is 0. The average Bonchev–Trinajstić information content (AvgIpc) is 3.23. The van der Waals surface area contributed by atoms with Crippen molar-refractivity contribution in [2.45, 2.75) is 283 Å². The van der Waals surface area contributed by atoms with Crippen LogP contribution in [0.1, 0.15) is 265 Å². The fourth-order valence-corrected chi connectivity index (χ4v) is 7.77. The van der Waals surface area contributed by atoms with Crippen LogP contribution in [0.3, 0.4) is 0 Å². The van der Waals surface area contributed by atoms with E-state index in [4.69, 9.17) is 4.74 Å². The second-order valence-corrected chi connectivity index (χ2v) is 17.6. The highest BCUT2D eigenvalue weighted by atomic mass is 16.5. The van der Waals surface area contributed by atoms with Crippen LogP contribution in [0.5, 0.6) is 0 Å². The van der Waals surface area contributed by atoms with Crippen molar-refractivity contribution in [3.05, 3.63) is 36.5 Å². The molecule has 0 aromatic rings. The standard InChI is InChI=1S/C53H99NO5/c1-4-7-10-13-16-19-22-23-24-25-26-27-28-31-34-37-40-43-46-53(58)59-49(44-41-38-35-32-29-20-17-14-11-8-5-2)47-52(57)54-50(48-55)51(56)45-42-39-36-33-30-21-18-15-12-9-6-3/h24-27,32,35,49-51,55-56H,4-23,28-31,33-34,36-48H2,1-3H3,(H,54,57)/b25-24+,27-26+,35-32-. The zero-order valence-corrected chi connectivity index (χ0v) is 39.4. The first kappa shape index (κ1) is 57.1. The molecule has 0 aliphatic heterocycles. The minimum Gasteiger partial charge on any atom is -0.462 e. The van der Waals surface area contributed by atoms with Crippen LogP contribution in [0.15, 0.2) is 36.5 Å². The Bertz CT molecular complexity index is 977. The summed E-state index contributed by atoms with van der Waals surface area (Å²) in [6.07, 6.45) is 54.9. The Morgan fingerprint density at radius 2 is 0.881 bits per heavy atom. The first-order chi connectivity index (χ1) is 29.0. The van der Waals surface area contributed by atoms with E-state index in [1.165, 1.54) is 148 Å². The zero-order chi connectivity index (χ0) is 43.1. The summed E-state index contributed by atoms with van der Waals surface area (Å²) in [6.45, 7) is 6.45. The molecular formula is C53H99NO5. The van der Waals surface area contributed by atoms with Gasteiger partial charge in [-0.25, -0.2) is 0 Å². The normalized spacial score (nSPS) is 13.5. The number of aliphatic hydroxyl groups is 2. The minimum atomic E-state index is -0.794. The number of rotatable bonds is 46. The van der Waals surface area contributed by atoms with E-state index in [9.17, 15) is 19.8 Å². The fraction of sp³-hybridized carbons (Fsp3) is 0.849. The van der Waals surface area contributed by atoms with E-state index in [1.807, 2.05) is 0 Å². The van der Waals surface area contributed by atoms with Gasteiger partial charge in [-0.1, -0.05) is 218 Å². The highest BCUT2D eigenvalue weighted by Gasteiger charge is 2.24. The van der Waals surface area contributed by atoms with Gasteiger partial charge in [0.05, 0.1) is 25.2 Å². The predicted octanol–water partition coefficient (Wildman–Crippen LogP) is 15.3. The van der Waals surface area contributed by atoms with Crippen LogP contribution in [-0.2, 0) is 14.3 Å². The topological polar surface area (TPSA) is 95.9 Å². The smallest absolute Gasteiger partial charge is 0.306 e. The molecule has 346 valence electrons. The molecule has 0 aliphatic rings. The summed E-state index contributed by atoms with van der Waals surface area (Å²) in [5.74, 6) is -0.515. The Labute approximate surface area is 366 Å². The molecule has 0 aromatic heterocycles. The van der Waals surface area contributed by atoms with Crippen molar-refractivity contribution in [3.63, 3.8) is 0 Å². The van der Waals surface area contributed by atoms with Gasteiger partial charge in [-0.05, 0) is 70.6 Å². The number of unbranched alkanes of at least 4 members (excludes halogenated alkanes) is 29. The number of ether oxygens (including phenoxy) is 1. The van der Waals surface area contributed by atoms with Crippen molar-refractivity contribution in [1.82, 2.24) is 5.32 Å². The van der Waals surface area contributed by atoms with Crippen LogP contribution in [0.25, 0.3) is 0 Å². The van der Waals surface area contributed by atoms with E-state index < -0.39 is 18.2 Å². The van der Waals surface area contributed by atoms with Crippen molar-refractivity contribution >= 4 is 11.9 Å². The molecule has 0 radical (unpaired) electrons. The molecule has 0 saturated carbocycles. The summed E-state index contributed by atoms with van der Waals surface area (Å²) < 4.78 is 5.90. The summed E-state index contributed by atoms with van der Waals surface area (Å²) in [4.78, 5) is 26.1. The lowest BCUT2D eigenvalue weighted by molar-refractivity contribution is -0.151. The quantitative estimate of drug-likeness (QED) is 0.0246. The number of carbonyl (C=O) groups excluding carboxylic acids is 2. The van der Waals surface area contributed by atoms with E-state index in [2.05, 4.69) is 62.5 Å². The molecule has 0 bridgehead atoms. The summed E-state index contributed by atoms with van der Waals surface area (Å²) in [6, 6.07) is -0.710. The van der Waals surface area contributed by atoms with Gasteiger partial charge in [0, 0.05) is 6.42 Å². The Balaban J connectivity index is 4.56. The SMILES string of the molecule is CCCCCCCC/C=C\CCCC(CC(=O)NC(CO)C(O)CCCCCCCCCCCCC)OC(=O)CCCCCCC/C=C/C=C/CCCCCCCCC. The first-order valence-corrected chi connectivity index (χ1v) is 25.7. The molecule has 6 nitrogen and oxygen atoms in total. The number of hydrogen-bond donors (Lipinski definition) is 3. The van der Waals surface area contributed by atoms with Crippen molar-refractivity contribution in [1.29, 1.82) is 0 Å². The van der Waals surface area contributed by atoms with Gasteiger partial charge in [-0.2, -0.15) is 0 Å². The van der Waals surface area contributed by atoms with Crippen LogP contribution in [0, 0.1) is 0 Å². The average molecular weight is 830 g/mol. The van der Waals surface area contributed by atoms with E-state index >= 15 is 0 Å². The van der Waals surface area contributed by atoms with Gasteiger partial charge in [0.1, 0.15) is 6.10 Å². The molecule has 3 unspecified atom stereocenters. The van der Waals surface area contributed by atoms with Gasteiger partial charge in [0.2, 0.25) is 5.91 Å².